The summed E-state index contributed by atoms with van der Waals surface area (Å²) in [7, 11) is 0. The molecule has 0 atom stereocenters. The number of amides is 2. The van der Waals surface area contributed by atoms with Gasteiger partial charge in [0.1, 0.15) is 5.75 Å². The molecule has 0 radical (unpaired) electrons. The predicted octanol–water partition coefficient (Wildman–Crippen LogP) is 3.28. The average Bonchev–Trinajstić information content (AvgIpc) is 2.44. The van der Waals surface area contributed by atoms with E-state index in [0.717, 1.165) is 10.2 Å². The zero-order chi connectivity index (χ0) is 14.4. The van der Waals surface area contributed by atoms with E-state index in [4.69, 9.17) is 4.74 Å². The second-order valence-corrected chi connectivity index (χ2v) is 4.68. The number of carbonyl (C=O) groups is 1. The highest BCUT2D eigenvalue weighted by atomic mass is 79.9. The first-order valence-corrected chi connectivity index (χ1v) is 6.75. The van der Waals surface area contributed by atoms with Crippen LogP contribution in [0.15, 0.2) is 41.1 Å². The Morgan fingerprint density at radius 1 is 1.20 bits per heavy atom. The number of urea groups is 1. The summed E-state index contributed by atoms with van der Waals surface area (Å²) in [5.74, 6) is 0.992. The predicted molar refractivity (Wildman–Crippen MR) is 80.0 cm³/mol. The van der Waals surface area contributed by atoms with Gasteiger partial charge < -0.3 is 10.1 Å². The number of halogens is 1. The molecule has 0 saturated heterocycles. The van der Waals surface area contributed by atoms with Crippen LogP contribution in [0.1, 0.15) is 6.92 Å². The number of hydrogen-bond donors (Lipinski definition) is 2. The van der Waals surface area contributed by atoms with Gasteiger partial charge in [-0.2, -0.15) is 0 Å². The molecule has 0 fully saturated rings. The van der Waals surface area contributed by atoms with Crippen LogP contribution in [-0.4, -0.2) is 22.6 Å². The second kappa shape index (κ2) is 6.85. The lowest BCUT2D eigenvalue weighted by molar-refractivity contribution is 0.262. The van der Waals surface area contributed by atoms with E-state index >= 15 is 0 Å². The van der Waals surface area contributed by atoms with E-state index in [9.17, 15) is 4.79 Å². The van der Waals surface area contributed by atoms with Crippen LogP contribution in [0.25, 0.3) is 0 Å². The number of hydrogen-bond acceptors (Lipinski definition) is 4. The molecular formula is C13H13BrN4O2. The molecule has 0 spiro atoms. The van der Waals surface area contributed by atoms with Crippen molar-refractivity contribution >= 4 is 33.6 Å². The highest BCUT2D eigenvalue weighted by Gasteiger charge is 2.04. The monoisotopic (exact) mass is 336 g/mol. The lowest BCUT2D eigenvalue weighted by Gasteiger charge is -2.07. The van der Waals surface area contributed by atoms with Gasteiger partial charge >= 0.3 is 6.03 Å². The van der Waals surface area contributed by atoms with Gasteiger partial charge in [0.05, 0.1) is 11.1 Å². The van der Waals surface area contributed by atoms with Crippen molar-refractivity contribution in [2.75, 3.05) is 17.2 Å². The van der Waals surface area contributed by atoms with Crippen molar-refractivity contribution in [2.24, 2.45) is 0 Å². The standard InChI is InChI=1S/C13H13BrN4O2/c1-2-20-11-5-3-10(4-6-11)17-13(19)18-12-15-7-9(14)8-16-12/h3-8H,2H2,1H3,(H2,15,16,17,18,19). The zero-order valence-corrected chi connectivity index (χ0v) is 12.3. The van der Waals surface area contributed by atoms with E-state index in [-0.39, 0.29) is 5.95 Å². The molecule has 0 aliphatic heterocycles. The molecule has 0 aliphatic carbocycles. The van der Waals surface area contributed by atoms with E-state index in [1.54, 1.807) is 36.7 Å². The van der Waals surface area contributed by atoms with Crippen molar-refractivity contribution in [1.29, 1.82) is 0 Å². The van der Waals surface area contributed by atoms with Crippen molar-refractivity contribution in [3.63, 3.8) is 0 Å². The van der Waals surface area contributed by atoms with Gasteiger partial charge in [0, 0.05) is 18.1 Å². The smallest absolute Gasteiger partial charge is 0.326 e. The summed E-state index contributed by atoms with van der Waals surface area (Å²) < 4.78 is 6.07. The van der Waals surface area contributed by atoms with Crippen molar-refractivity contribution < 1.29 is 9.53 Å². The minimum atomic E-state index is -0.406. The SMILES string of the molecule is CCOc1ccc(NC(=O)Nc2ncc(Br)cn2)cc1. The first-order valence-electron chi connectivity index (χ1n) is 5.96. The highest BCUT2D eigenvalue weighted by molar-refractivity contribution is 9.10. The minimum Gasteiger partial charge on any atom is -0.494 e. The molecule has 0 bridgehead atoms. The Labute approximate surface area is 124 Å². The first-order chi connectivity index (χ1) is 9.67. The maximum absolute atomic E-state index is 11.7. The third kappa shape index (κ3) is 4.20. The van der Waals surface area contributed by atoms with Crippen LogP contribution < -0.4 is 15.4 Å². The fraction of sp³-hybridized carbons (Fsp3) is 0.154. The third-order valence-electron chi connectivity index (χ3n) is 2.27. The largest absolute Gasteiger partial charge is 0.494 e. The number of benzene rings is 1. The summed E-state index contributed by atoms with van der Waals surface area (Å²) in [6.07, 6.45) is 3.11. The maximum Gasteiger partial charge on any atom is 0.326 e. The van der Waals surface area contributed by atoms with Crippen molar-refractivity contribution in [3.8, 4) is 5.75 Å². The van der Waals surface area contributed by atoms with Gasteiger partial charge in [0.25, 0.3) is 0 Å². The molecule has 20 heavy (non-hydrogen) atoms. The fourth-order valence-electron chi connectivity index (χ4n) is 1.44. The summed E-state index contributed by atoms with van der Waals surface area (Å²) in [5.41, 5.74) is 0.656. The molecule has 0 unspecified atom stereocenters. The maximum atomic E-state index is 11.7. The van der Waals surface area contributed by atoms with Crippen LogP contribution in [0.2, 0.25) is 0 Å². The molecular weight excluding hydrogens is 324 g/mol. The Hall–Kier alpha value is -2.15. The lowest BCUT2D eigenvalue weighted by atomic mass is 10.3. The van der Waals surface area contributed by atoms with E-state index < -0.39 is 6.03 Å². The van der Waals surface area contributed by atoms with Crippen LogP contribution in [0.4, 0.5) is 16.4 Å². The second-order valence-electron chi connectivity index (χ2n) is 3.76. The minimum absolute atomic E-state index is 0.233. The average molecular weight is 337 g/mol. The van der Waals surface area contributed by atoms with Crippen molar-refractivity contribution in [1.82, 2.24) is 9.97 Å². The number of nitrogens with one attached hydrogen (secondary N) is 2. The Morgan fingerprint density at radius 2 is 1.85 bits per heavy atom. The molecule has 1 aromatic carbocycles. The molecule has 104 valence electrons. The molecule has 7 heteroatoms. The number of anilines is 2. The van der Waals surface area contributed by atoms with Gasteiger partial charge in [-0.05, 0) is 47.1 Å². The van der Waals surface area contributed by atoms with E-state index in [1.165, 1.54) is 0 Å². The van der Waals surface area contributed by atoms with Crippen LogP contribution in [0, 0.1) is 0 Å². The summed E-state index contributed by atoms with van der Waals surface area (Å²) >= 11 is 3.22. The summed E-state index contributed by atoms with van der Waals surface area (Å²) in [6, 6.07) is 6.68. The first kappa shape index (κ1) is 14.3. The van der Waals surface area contributed by atoms with Gasteiger partial charge in [-0.1, -0.05) is 0 Å². The number of aromatic nitrogens is 2. The quantitative estimate of drug-likeness (QED) is 0.898. The number of carbonyl (C=O) groups excluding carboxylic acids is 1. The number of ether oxygens (including phenoxy) is 1. The lowest BCUT2D eigenvalue weighted by Crippen LogP contribution is -2.20. The van der Waals surface area contributed by atoms with Crippen molar-refractivity contribution in [3.05, 3.63) is 41.1 Å². The Balaban J connectivity index is 1.92. The highest BCUT2D eigenvalue weighted by Crippen LogP contribution is 2.15. The van der Waals surface area contributed by atoms with Gasteiger partial charge in [0.15, 0.2) is 0 Å². The van der Waals surface area contributed by atoms with Crippen molar-refractivity contribution in [2.45, 2.75) is 6.92 Å². The molecule has 1 aromatic heterocycles. The van der Waals surface area contributed by atoms with E-state index in [1.807, 2.05) is 6.92 Å². The van der Waals surface area contributed by atoms with E-state index in [2.05, 4.69) is 36.5 Å². The summed E-state index contributed by atoms with van der Waals surface area (Å²) in [5, 5.41) is 5.21. The Morgan fingerprint density at radius 3 is 2.45 bits per heavy atom. The third-order valence-corrected chi connectivity index (χ3v) is 2.68. The molecule has 2 N–H and O–H groups in total. The number of rotatable bonds is 4. The Kier molecular flexibility index (Phi) is 4.89. The zero-order valence-electron chi connectivity index (χ0n) is 10.8. The van der Waals surface area contributed by atoms with Crippen LogP contribution in [0.3, 0.4) is 0 Å². The fourth-order valence-corrected chi connectivity index (χ4v) is 1.65. The Bertz CT molecular complexity index is 572. The molecule has 2 aromatic rings. The molecule has 0 saturated carbocycles. The summed E-state index contributed by atoms with van der Waals surface area (Å²) in [6.45, 7) is 2.52. The topological polar surface area (TPSA) is 76.1 Å². The van der Waals surface area contributed by atoms with Gasteiger partial charge in [0.2, 0.25) is 5.95 Å². The molecule has 6 nitrogen and oxygen atoms in total. The van der Waals surface area contributed by atoms with Gasteiger partial charge in [-0.25, -0.2) is 14.8 Å². The van der Waals surface area contributed by atoms with Gasteiger partial charge in [-0.15, -0.1) is 0 Å². The summed E-state index contributed by atoms with van der Waals surface area (Å²) in [4.78, 5) is 19.6. The normalized spacial score (nSPS) is 9.90. The molecule has 1 heterocycles. The molecule has 2 rings (SSSR count). The molecule has 2 amide bonds. The van der Waals surface area contributed by atoms with E-state index in [0.29, 0.717) is 12.3 Å². The van der Waals surface area contributed by atoms with Gasteiger partial charge in [-0.3, -0.25) is 5.32 Å². The van der Waals surface area contributed by atoms with Crippen LogP contribution in [0.5, 0.6) is 5.75 Å². The number of nitrogens with zero attached hydrogens (tertiary/aromatic N) is 2. The van der Waals surface area contributed by atoms with Crippen LogP contribution in [-0.2, 0) is 0 Å². The van der Waals surface area contributed by atoms with Crippen LogP contribution >= 0.6 is 15.9 Å². The molecule has 0 aliphatic rings.